The van der Waals surface area contributed by atoms with E-state index in [9.17, 15) is 18.0 Å². The molecule has 1 N–H and O–H groups in total. The molecule has 0 aliphatic carbocycles. The Balaban J connectivity index is 1.69. The lowest BCUT2D eigenvalue weighted by atomic mass is 10.1. The molecule has 1 aromatic carbocycles. The van der Waals surface area contributed by atoms with Crippen LogP contribution in [0.4, 0.5) is 0 Å². The summed E-state index contributed by atoms with van der Waals surface area (Å²) in [7, 11) is -3.04. The van der Waals surface area contributed by atoms with E-state index in [2.05, 4.69) is 0 Å². The van der Waals surface area contributed by atoms with Gasteiger partial charge in [-0.25, -0.2) is 13.2 Å². The van der Waals surface area contributed by atoms with Crippen LogP contribution in [0.25, 0.3) is 0 Å². The van der Waals surface area contributed by atoms with Gasteiger partial charge >= 0.3 is 5.97 Å². The van der Waals surface area contributed by atoms with E-state index >= 15 is 0 Å². The number of carbonyl (C=O) groups excluding carboxylic acids is 2. The van der Waals surface area contributed by atoms with Gasteiger partial charge in [0.2, 0.25) is 5.78 Å². The molecular formula is C20H23NO6S. The number of ether oxygens (including phenoxy) is 1. The molecule has 1 fully saturated rings. The fourth-order valence-electron chi connectivity index (χ4n) is 3.64. The fourth-order valence-corrected chi connectivity index (χ4v) is 5.34. The zero-order chi connectivity index (χ0) is 20.5. The number of benzene rings is 1. The second-order valence-corrected chi connectivity index (χ2v) is 9.29. The maximum Gasteiger partial charge on any atom is 0.338 e. The van der Waals surface area contributed by atoms with Crippen LogP contribution in [0.1, 0.15) is 50.1 Å². The summed E-state index contributed by atoms with van der Waals surface area (Å²) in [6.07, 6.45) is 0.533. The van der Waals surface area contributed by atoms with Gasteiger partial charge in [0.25, 0.3) is 0 Å². The van der Waals surface area contributed by atoms with E-state index in [1.807, 2.05) is 11.5 Å². The summed E-state index contributed by atoms with van der Waals surface area (Å²) in [6, 6.07) is 7.84. The second kappa shape index (κ2) is 7.89. The minimum atomic E-state index is -3.04. The Hall–Kier alpha value is -2.45. The zero-order valence-corrected chi connectivity index (χ0v) is 16.7. The molecule has 0 amide bonds. The SMILES string of the molecule is Cc1cc(C(=O)COC(=O)c2ccc(CO)cc2)c(C)n1C1CCS(=O)(=O)C1. The lowest BCUT2D eigenvalue weighted by Gasteiger charge is -2.16. The third-order valence-corrected chi connectivity index (χ3v) is 6.82. The highest BCUT2D eigenvalue weighted by atomic mass is 32.2. The summed E-state index contributed by atoms with van der Waals surface area (Å²) in [4.78, 5) is 24.7. The molecule has 1 aliphatic rings. The van der Waals surface area contributed by atoms with E-state index in [0.29, 0.717) is 28.8 Å². The number of aryl methyl sites for hydroxylation is 1. The number of aliphatic hydroxyl groups is 1. The number of ketones is 1. The Labute approximate surface area is 163 Å². The molecule has 7 nitrogen and oxygen atoms in total. The molecular weight excluding hydrogens is 382 g/mol. The number of esters is 1. The third-order valence-electron chi connectivity index (χ3n) is 5.06. The van der Waals surface area contributed by atoms with Crippen molar-refractivity contribution in [2.75, 3.05) is 18.1 Å². The van der Waals surface area contributed by atoms with Gasteiger partial charge in [-0.15, -0.1) is 0 Å². The monoisotopic (exact) mass is 405 g/mol. The van der Waals surface area contributed by atoms with E-state index in [0.717, 1.165) is 5.69 Å². The molecule has 1 saturated heterocycles. The molecule has 0 saturated carbocycles. The van der Waals surface area contributed by atoms with E-state index in [1.54, 1.807) is 25.1 Å². The molecule has 1 aromatic heterocycles. The summed E-state index contributed by atoms with van der Waals surface area (Å²) in [5.41, 5.74) is 2.91. The molecule has 1 aliphatic heterocycles. The molecule has 2 aromatic rings. The smallest absolute Gasteiger partial charge is 0.338 e. The number of sulfone groups is 1. The van der Waals surface area contributed by atoms with E-state index in [-0.39, 0.29) is 29.9 Å². The van der Waals surface area contributed by atoms with Crippen molar-refractivity contribution in [2.24, 2.45) is 0 Å². The normalized spacial score (nSPS) is 18.2. The highest BCUT2D eigenvalue weighted by Crippen LogP contribution is 2.29. The highest BCUT2D eigenvalue weighted by molar-refractivity contribution is 7.91. The third kappa shape index (κ3) is 4.18. The van der Waals surface area contributed by atoms with Crippen molar-refractivity contribution in [3.8, 4) is 0 Å². The van der Waals surface area contributed by atoms with Gasteiger partial charge in [-0.05, 0) is 44.0 Å². The first-order valence-corrected chi connectivity index (χ1v) is 10.8. The lowest BCUT2D eigenvalue weighted by molar-refractivity contribution is 0.0474. The molecule has 28 heavy (non-hydrogen) atoms. The molecule has 0 radical (unpaired) electrons. The first-order chi connectivity index (χ1) is 13.2. The van der Waals surface area contributed by atoms with Gasteiger partial charge in [-0.1, -0.05) is 12.1 Å². The van der Waals surface area contributed by atoms with Crippen molar-refractivity contribution in [2.45, 2.75) is 32.9 Å². The Morgan fingerprint density at radius 2 is 1.89 bits per heavy atom. The average molecular weight is 405 g/mol. The molecule has 3 rings (SSSR count). The number of hydrogen-bond donors (Lipinski definition) is 1. The van der Waals surface area contributed by atoms with Crippen molar-refractivity contribution >= 4 is 21.6 Å². The lowest BCUT2D eigenvalue weighted by Crippen LogP contribution is -2.17. The predicted octanol–water partition coefficient (Wildman–Crippen LogP) is 2.00. The number of nitrogens with zero attached hydrogens (tertiary/aromatic N) is 1. The highest BCUT2D eigenvalue weighted by Gasteiger charge is 2.31. The Bertz CT molecular complexity index is 1000. The van der Waals surface area contributed by atoms with E-state index in [1.165, 1.54) is 12.1 Å². The second-order valence-electron chi connectivity index (χ2n) is 7.07. The van der Waals surface area contributed by atoms with Crippen LogP contribution in [0.5, 0.6) is 0 Å². The quantitative estimate of drug-likeness (QED) is 0.582. The Kier molecular flexibility index (Phi) is 5.71. The van der Waals surface area contributed by atoms with Crippen LogP contribution < -0.4 is 0 Å². The first kappa shape index (κ1) is 20.3. The van der Waals surface area contributed by atoms with Crippen molar-refractivity contribution in [1.29, 1.82) is 0 Å². The Morgan fingerprint density at radius 3 is 2.46 bits per heavy atom. The first-order valence-electron chi connectivity index (χ1n) is 9.01. The summed E-state index contributed by atoms with van der Waals surface area (Å²) >= 11 is 0. The van der Waals surface area contributed by atoms with Crippen LogP contribution >= 0.6 is 0 Å². The average Bonchev–Trinajstić information content (AvgIpc) is 3.17. The van der Waals surface area contributed by atoms with Gasteiger partial charge in [0.1, 0.15) is 0 Å². The summed E-state index contributed by atoms with van der Waals surface area (Å²) in [5, 5.41) is 9.03. The number of carbonyl (C=O) groups is 2. The molecule has 1 unspecified atom stereocenters. The van der Waals surface area contributed by atoms with Crippen molar-refractivity contribution < 1.29 is 27.9 Å². The number of aliphatic hydroxyl groups excluding tert-OH is 1. The van der Waals surface area contributed by atoms with Crippen LogP contribution in [0.3, 0.4) is 0 Å². The van der Waals surface area contributed by atoms with Crippen LogP contribution in [0.2, 0.25) is 0 Å². The van der Waals surface area contributed by atoms with Gasteiger partial charge in [-0.2, -0.15) is 0 Å². The fraction of sp³-hybridized carbons (Fsp3) is 0.400. The molecule has 1 atom stereocenters. The van der Waals surface area contributed by atoms with Gasteiger partial charge < -0.3 is 14.4 Å². The van der Waals surface area contributed by atoms with Gasteiger partial charge in [-0.3, -0.25) is 4.79 Å². The maximum atomic E-state index is 12.6. The van der Waals surface area contributed by atoms with Crippen LogP contribution in [-0.4, -0.2) is 48.0 Å². The Morgan fingerprint density at radius 1 is 1.21 bits per heavy atom. The zero-order valence-electron chi connectivity index (χ0n) is 15.8. The minimum Gasteiger partial charge on any atom is -0.454 e. The maximum absolute atomic E-state index is 12.6. The topological polar surface area (TPSA) is 103 Å². The van der Waals surface area contributed by atoms with Crippen molar-refractivity contribution in [1.82, 2.24) is 4.57 Å². The van der Waals surface area contributed by atoms with Crippen LogP contribution in [-0.2, 0) is 21.2 Å². The number of aromatic nitrogens is 1. The molecule has 150 valence electrons. The van der Waals surface area contributed by atoms with Crippen LogP contribution in [0.15, 0.2) is 30.3 Å². The largest absolute Gasteiger partial charge is 0.454 e. The van der Waals surface area contributed by atoms with Crippen LogP contribution in [0, 0.1) is 13.8 Å². The summed E-state index contributed by atoms with van der Waals surface area (Å²) in [6.45, 7) is 3.10. The van der Waals surface area contributed by atoms with E-state index < -0.39 is 22.4 Å². The summed E-state index contributed by atoms with van der Waals surface area (Å²) < 4.78 is 30.6. The van der Waals surface area contributed by atoms with E-state index in [4.69, 9.17) is 9.84 Å². The van der Waals surface area contributed by atoms with Gasteiger partial charge in [0.15, 0.2) is 16.4 Å². The van der Waals surface area contributed by atoms with Gasteiger partial charge in [0, 0.05) is 23.0 Å². The minimum absolute atomic E-state index is 0.0792. The number of hydrogen-bond acceptors (Lipinski definition) is 6. The standard InChI is InChI=1S/C20H23NO6S/c1-13-9-18(14(2)21(13)17-7-8-28(25,26)12-17)19(23)11-27-20(24)16-5-3-15(10-22)4-6-16/h3-6,9,17,22H,7-8,10-12H2,1-2H3. The molecule has 0 spiro atoms. The summed E-state index contributed by atoms with van der Waals surface area (Å²) in [5.74, 6) is -0.713. The number of rotatable bonds is 6. The van der Waals surface area contributed by atoms with Gasteiger partial charge in [0.05, 0.1) is 23.7 Å². The predicted molar refractivity (Wildman–Crippen MR) is 103 cm³/mol. The molecule has 8 heteroatoms. The molecule has 2 heterocycles. The van der Waals surface area contributed by atoms with Crippen molar-refractivity contribution in [3.05, 3.63) is 58.4 Å². The molecule has 0 bridgehead atoms. The van der Waals surface area contributed by atoms with Crippen molar-refractivity contribution in [3.63, 3.8) is 0 Å². The number of Topliss-reactive ketones (excluding diaryl/α,β-unsaturated/α-hetero) is 1.